The van der Waals surface area contributed by atoms with Gasteiger partial charge in [0.05, 0.1) is 16.9 Å². The molecule has 0 unspecified atom stereocenters. The van der Waals surface area contributed by atoms with Crippen LogP contribution in [0, 0.1) is 10.1 Å². The number of aromatic nitrogens is 3. The van der Waals surface area contributed by atoms with Gasteiger partial charge in [-0.2, -0.15) is 5.10 Å². The molecule has 9 nitrogen and oxygen atoms in total. The van der Waals surface area contributed by atoms with E-state index in [1.807, 2.05) is 24.3 Å². The average Bonchev–Trinajstić information content (AvgIpc) is 3.28. The molecule has 1 amide bonds. The fourth-order valence-electron chi connectivity index (χ4n) is 3.86. The van der Waals surface area contributed by atoms with Crippen molar-refractivity contribution in [2.75, 3.05) is 5.75 Å². The van der Waals surface area contributed by atoms with Gasteiger partial charge in [-0.15, -0.1) is 10.2 Å². The standard InChI is InChI=1S/C23H23ClN6O3S/c24-18-10-8-17(9-11-18)22-27-28-23(29(22)19-4-2-1-3-5-19)34-15-21(31)26-25-14-16-6-12-20(13-7-16)30(32)33/h6-14,19H,1-5,15H2,(H,26,31). The third kappa shape index (κ3) is 6.00. The van der Waals surface area contributed by atoms with Crippen molar-refractivity contribution in [1.82, 2.24) is 20.2 Å². The molecule has 0 atom stereocenters. The van der Waals surface area contributed by atoms with E-state index in [0.717, 1.165) is 37.1 Å². The van der Waals surface area contributed by atoms with Crippen LogP contribution in [0.3, 0.4) is 0 Å². The number of thioether (sulfide) groups is 1. The molecule has 0 spiro atoms. The first-order valence-electron chi connectivity index (χ1n) is 10.9. The van der Waals surface area contributed by atoms with Gasteiger partial charge in [-0.05, 0) is 54.8 Å². The minimum absolute atomic E-state index is 0.00219. The number of nitro groups is 1. The van der Waals surface area contributed by atoms with Crippen LogP contribution in [0.15, 0.2) is 58.8 Å². The number of nitro benzene ring substituents is 1. The van der Waals surface area contributed by atoms with Crippen molar-refractivity contribution in [2.45, 2.75) is 43.3 Å². The number of amides is 1. The predicted molar refractivity (Wildman–Crippen MR) is 132 cm³/mol. The van der Waals surface area contributed by atoms with Crippen molar-refractivity contribution in [2.24, 2.45) is 5.10 Å². The molecule has 176 valence electrons. The zero-order valence-corrected chi connectivity index (χ0v) is 19.8. The maximum absolute atomic E-state index is 12.3. The van der Waals surface area contributed by atoms with Gasteiger partial charge in [-0.1, -0.05) is 42.6 Å². The van der Waals surface area contributed by atoms with Gasteiger partial charge in [0.2, 0.25) is 0 Å². The van der Waals surface area contributed by atoms with E-state index in [4.69, 9.17) is 11.6 Å². The third-order valence-electron chi connectivity index (χ3n) is 5.55. The zero-order chi connectivity index (χ0) is 23.9. The quantitative estimate of drug-likeness (QED) is 0.196. The lowest BCUT2D eigenvalue weighted by molar-refractivity contribution is -0.384. The highest BCUT2D eigenvalue weighted by molar-refractivity contribution is 7.99. The number of non-ortho nitro benzene ring substituents is 1. The van der Waals surface area contributed by atoms with Crippen LogP contribution >= 0.6 is 23.4 Å². The molecule has 1 N–H and O–H groups in total. The second-order valence-electron chi connectivity index (χ2n) is 7.91. The lowest BCUT2D eigenvalue weighted by atomic mass is 9.95. The van der Waals surface area contributed by atoms with Crippen molar-refractivity contribution in [3.8, 4) is 11.4 Å². The number of benzene rings is 2. The Hall–Kier alpha value is -3.24. The van der Waals surface area contributed by atoms with Crippen LogP contribution in [0.1, 0.15) is 43.7 Å². The first kappa shape index (κ1) is 23.9. The summed E-state index contributed by atoms with van der Waals surface area (Å²) < 4.78 is 2.15. The first-order chi connectivity index (χ1) is 16.5. The third-order valence-corrected chi connectivity index (χ3v) is 6.74. The van der Waals surface area contributed by atoms with Crippen LogP contribution in [0.5, 0.6) is 0 Å². The number of nitrogens with zero attached hydrogens (tertiary/aromatic N) is 5. The SMILES string of the molecule is O=C(CSc1nnc(-c2ccc(Cl)cc2)n1C1CCCCC1)NN=Cc1ccc([N+](=O)[O-])cc1. The Bertz CT molecular complexity index is 1170. The van der Waals surface area contributed by atoms with E-state index >= 15 is 0 Å². The second kappa shape index (κ2) is 11.3. The largest absolute Gasteiger partial charge is 0.299 e. The molecular weight excluding hydrogens is 476 g/mol. The molecule has 1 fully saturated rings. The molecule has 1 saturated carbocycles. The molecule has 1 heterocycles. The molecule has 1 aliphatic rings. The highest BCUT2D eigenvalue weighted by Crippen LogP contribution is 2.35. The number of hydrazone groups is 1. The van der Waals surface area contributed by atoms with E-state index in [2.05, 4.69) is 25.3 Å². The lowest BCUT2D eigenvalue weighted by Gasteiger charge is -2.25. The number of carbonyl (C=O) groups is 1. The molecule has 34 heavy (non-hydrogen) atoms. The van der Waals surface area contributed by atoms with E-state index in [0.29, 0.717) is 21.8 Å². The fourth-order valence-corrected chi connectivity index (χ4v) is 4.79. The summed E-state index contributed by atoms with van der Waals surface area (Å²) in [6.07, 6.45) is 7.09. The van der Waals surface area contributed by atoms with Gasteiger partial charge in [0, 0.05) is 28.8 Å². The predicted octanol–water partition coefficient (Wildman–Crippen LogP) is 5.25. The second-order valence-corrected chi connectivity index (χ2v) is 9.28. The number of hydrogen-bond acceptors (Lipinski definition) is 7. The molecule has 2 aromatic carbocycles. The van der Waals surface area contributed by atoms with Gasteiger partial charge in [0.25, 0.3) is 11.6 Å². The summed E-state index contributed by atoms with van der Waals surface area (Å²) in [6.45, 7) is 0. The van der Waals surface area contributed by atoms with Gasteiger partial charge in [0.1, 0.15) is 0 Å². The summed E-state index contributed by atoms with van der Waals surface area (Å²) in [5.41, 5.74) is 4.06. The van der Waals surface area contributed by atoms with Crippen molar-refractivity contribution < 1.29 is 9.72 Å². The number of hydrogen-bond donors (Lipinski definition) is 1. The minimum Gasteiger partial charge on any atom is -0.299 e. The van der Waals surface area contributed by atoms with E-state index in [-0.39, 0.29) is 17.3 Å². The van der Waals surface area contributed by atoms with Gasteiger partial charge in [-0.3, -0.25) is 19.5 Å². The van der Waals surface area contributed by atoms with Crippen LogP contribution in [0.2, 0.25) is 5.02 Å². The highest BCUT2D eigenvalue weighted by atomic mass is 35.5. The van der Waals surface area contributed by atoms with Crippen LogP contribution in [0.4, 0.5) is 5.69 Å². The number of rotatable bonds is 8. The Morgan fingerprint density at radius 2 is 1.85 bits per heavy atom. The van der Waals surface area contributed by atoms with Crippen LogP contribution in [-0.2, 0) is 4.79 Å². The summed E-state index contributed by atoms with van der Waals surface area (Å²) in [5, 5.41) is 24.8. The Morgan fingerprint density at radius 3 is 2.53 bits per heavy atom. The summed E-state index contributed by atoms with van der Waals surface area (Å²) in [4.78, 5) is 22.6. The Balaban J connectivity index is 1.42. The summed E-state index contributed by atoms with van der Waals surface area (Å²) >= 11 is 7.37. The van der Waals surface area contributed by atoms with Crippen LogP contribution < -0.4 is 5.43 Å². The highest BCUT2D eigenvalue weighted by Gasteiger charge is 2.24. The van der Waals surface area contributed by atoms with Gasteiger partial charge in [-0.25, -0.2) is 5.43 Å². The molecule has 0 aliphatic heterocycles. The van der Waals surface area contributed by atoms with Gasteiger partial charge < -0.3 is 0 Å². The van der Waals surface area contributed by atoms with Crippen LogP contribution in [-0.4, -0.2) is 37.6 Å². The Kier molecular flexibility index (Phi) is 7.91. The van der Waals surface area contributed by atoms with Crippen molar-refractivity contribution in [3.63, 3.8) is 0 Å². The van der Waals surface area contributed by atoms with E-state index in [9.17, 15) is 14.9 Å². The number of nitrogens with one attached hydrogen (secondary N) is 1. The molecule has 1 aromatic heterocycles. The van der Waals surface area contributed by atoms with E-state index in [1.54, 1.807) is 12.1 Å². The maximum atomic E-state index is 12.3. The van der Waals surface area contributed by atoms with Gasteiger partial charge >= 0.3 is 0 Å². The molecular formula is C23H23ClN6O3S. The van der Waals surface area contributed by atoms with E-state index < -0.39 is 4.92 Å². The monoisotopic (exact) mass is 498 g/mol. The Labute approximate surface area is 205 Å². The van der Waals surface area contributed by atoms with Crippen molar-refractivity contribution >= 4 is 41.2 Å². The van der Waals surface area contributed by atoms with Crippen molar-refractivity contribution in [3.05, 3.63) is 69.2 Å². The fraction of sp³-hybridized carbons (Fsp3) is 0.304. The molecule has 4 rings (SSSR count). The molecule has 0 saturated heterocycles. The first-order valence-corrected chi connectivity index (χ1v) is 12.3. The lowest BCUT2D eigenvalue weighted by Crippen LogP contribution is -2.20. The smallest absolute Gasteiger partial charge is 0.269 e. The average molecular weight is 499 g/mol. The van der Waals surface area contributed by atoms with Crippen LogP contribution in [0.25, 0.3) is 11.4 Å². The normalized spacial score (nSPS) is 14.4. The Morgan fingerprint density at radius 1 is 1.15 bits per heavy atom. The topological polar surface area (TPSA) is 115 Å². The van der Waals surface area contributed by atoms with Gasteiger partial charge in [0.15, 0.2) is 11.0 Å². The van der Waals surface area contributed by atoms with E-state index in [1.165, 1.54) is 36.5 Å². The maximum Gasteiger partial charge on any atom is 0.269 e. The number of carbonyl (C=O) groups excluding carboxylic acids is 1. The molecule has 3 aromatic rings. The zero-order valence-electron chi connectivity index (χ0n) is 18.3. The molecule has 1 aliphatic carbocycles. The number of halogens is 1. The molecule has 0 radical (unpaired) electrons. The summed E-state index contributed by atoms with van der Waals surface area (Å²) in [7, 11) is 0. The summed E-state index contributed by atoms with van der Waals surface area (Å²) in [5.74, 6) is 0.625. The van der Waals surface area contributed by atoms with Crippen molar-refractivity contribution in [1.29, 1.82) is 0 Å². The molecule has 0 bridgehead atoms. The molecule has 11 heteroatoms. The minimum atomic E-state index is -0.468. The summed E-state index contributed by atoms with van der Waals surface area (Å²) in [6, 6.07) is 13.7.